The van der Waals surface area contributed by atoms with Gasteiger partial charge in [-0.2, -0.15) is 10.2 Å². The first-order chi connectivity index (χ1) is 16.6. The van der Waals surface area contributed by atoms with Crippen LogP contribution in [0.5, 0.6) is 0 Å². The molecule has 0 radical (unpaired) electrons. The molecular formula is C27H36N4O4. The number of anilines is 2. The van der Waals surface area contributed by atoms with Crippen molar-refractivity contribution >= 4 is 40.4 Å². The van der Waals surface area contributed by atoms with Crippen LogP contribution < -0.4 is 10.6 Å². The second-order valence-electron chi connectivity index (χ2n) is 8.28. The summed E-state index contributed by atoms with van der Waals surface area (Å²) in [6.45, 7) is 11.1. The molecule has 1 aliphatic heterocycles. The number of carbonyl (C=O) groups excluding carboxylic acids is 4. The predicted octanol–water partition coefficient (Wildman–Crippen LogP) is 5.90. The molecule has 0 fully saturated rings. The van der Waals surface area contributed by atoms with E-state index in [1.807, 2.05) is 19.9 Å². The second kappa shape index (κ2) is 15.3. The molecule has 0 saturated carbocycles. The second-order valence-corrected chi connectivity index (χ2v) is 8.28. The summed E-state index contributed by atoms with van der Waals surface area (Å²) in [6.07, 6.45) is 2.48. The van der Waals surface area contributed by atoms with Crippen molar-refractivity contribution in [3.63, 3.8) is 0 Å². The maximum Gasteiger partial charge on any atom is 0.258 e. The van der Waals surface area contributed by atoms with Gasteiger partial charge in [0.05, 0.1) is 12.1 Å². The minimum Gasteiger partial charge on any atom is -0.326 e. The average Bonchev–Trinajstić information content (AvgIpc) is 3.19. The first-order valence-electron chi connectivity index (χ1n) is 11.8. The lowest BCUT2D eigenvalue weighted by Crippen LogP contribution is -2.31. The number of nitrogens with zero attached hydrogens (tertiary/aromatic N) is 2. The monoisotopic (exact) mass is 480 g/mol. The number of Topliss-reactive ketones (excluding diaryl/α,β-unsaturated/α-hetero) is 2. The molecule has 2 aromatic carbocycles. The van der Waals surface area contributed by atoms with Crippen LogP contribution in [-0.4, -0.2) is 29.4 Å². The van der Waals surface area contributed by atoms with Crippen LogP contribution in [0.4, 0.5) is 17.1 Å². The molecule has 2 N–H and O–H groups in total. The Balaban J connectivity index is 0.000000521. The molecule has 2 aromatic rings. The molecule has 0 bridgehead atoms. The molecule has 8 nitrogen and oxygen atoms in total. The van der Waals surface area contributed by atoms with Gasteiger partial charge in [0, 0.05) is 17.3 Å². The quantitative estimate of drug-likeness (QED) is 0.379. The predicted molar refractivity (Wildman–Crippen MR) is 139 cm³/mol. The summed E-state index contributed by atoms with van der Waals surface area (Å²) in [5, 5.41) is 13.2. The van der Waals surface area contributed by atoms with Gasteiger partial charge in [0.15, 0.2) is 5.78 Å². The number of hydrogen-bond acceptors (Lipinski definition) is 6. The van der Waals surface area contributed by atoms with Gasteiger partial charge >= 0.3 is 0 Å². The largest absolute Gasteiger partial charge is 0.326 e. The third-order valence-corrected chi connectivity index (χ3v) is 4.98. The third kappa shape index (κ3) is 10.4. The average molecular weight is 481 g/mol. The highest BCUT2D eigenvalue weighted by molar-refractivity contribution is 6.10. The van der Waals surface area contributed by atoms with Crippen LogP contribution in [0, 0.1) is 5.92 Å². The van der Waals surface area contributed by atoms with E-state index < -0.39 is 17.7 Å². The normalized spacial score (nSPS) is 13.3. The van der Waals surface area contributed by atoms with Crippen molar-refractivity contribution in [1.29, 1.82) is 0 Å². The number of nitrogens with one attached hydrogen (secondary N) is 2. The molecule has 2 unspecified atom stereocenters. The Bertz CT molecular complexity index is 1030. The van der Waals surface area contributed by atoms with Gasteiger partial charge in [-0.3, -0.25) is 19.2 Å². The minimum atomic E-state index is -1.23. The molecule has 0 aromatic heterocycles. The van der Waals surface area contributed by atoms with Gasteiger partial charge in [0.2, 0.25) is 11.9 Å². The van der Waals surface area contributed by atoms with Gasteiger partial charge in [-0.25, -0.2) is 0 Å². The van der Waals surface area contributed by atoms with Crippen molar-refractivity contribution in [1.82, 2.24) is 0 Å². The van der Waals surface area contributed by atoms with E-state index in [4.69, 9.17) is 0 Å². The van der Waals surface area contributed by atoms with E-state index in [0.29, 0.717) is 17.2 Å². The van der Waals surface area contributed by atoms with Crippen molar-refractivity contribution in [3.05, 3.63) is 54.1 Å². The van der Waals surface area contributed by atoms with Gasteiger partial charge in [0.25, 0.3) is 5.91 Å². The van der Waals surface area contributed by atoms with Gasteiger partial charge < -0.3 is 10.6 Å². The molecule has 1 heterocycles. The zero-order valence-electron chi connectivity index (χ0n) is 21.4. The Morgan fingerprint density at radius 2 is 1.63 bits per heavy atom. The minimum absolute atomic E-state index is 0.0863. The lowest BCUT2D eigenvalue weighted by atomic mass is 10.1. The summed E-state index contributed by atoms with van der Waals surface area (Å²) in [4.78, 5) is 45.9. The highest BCUT2D eigenvalue weighted by atomic mass is 16.2. The Labute approximate surface area is 207 Å². The molecule has 1 aliphatic rings. The number of azo groups is 1. The molecule has 0 spiro atoms. The van der Waals surface area contributed by atoms with E-state index >= 15 is 0 Å². The number of hydrogen-bond donors (Lipinski definition) is 2. The van der Waals surface area contributed by atoms with Gasteiger partial charge in [-0.05, 0) is 56.2 Å². The summed E-state index contributed by atoms with van der Waals surface area (Å²) >= 11 is 0. The Morgan fingerprint density at radius 1 is 1.00 bits per heavy atom. The fourth-order valence-electron chi connectivity index (χ4n) is 2.74. The highest BCUT2D eigenvalue weighted by Gasteiger charge is 2.24. The fourth-order valence-corrected chi connectivity index (χ4v) is 2.74. The topological polar surface area (TPSA) is 117 Å². The number of fused-ring (bicyclic) bond motifs is 1. The van der Waals surface area contributed by atoms with Crippen molar-refractivity contribution < 1.29 is 19.2 Å². The molecule has 0 aliphatic carbocycles. The molecule has 35 heavy (non-hydrogen) atoms. The van der Waals surface area contributed by atoms with Gasteiger partial charge in [-0.1, -0.05) is 52.3 Å². The van der Waals surface area contributed by atoms with E-state index in [-0.39, 0.29) is 18.2 Å². The first-order valence-corrected chi connectivity index (χ1v) is 11.8. The summed E-state index contributed by atoms with van der Waals surface area (Å²) in [7, 11) is 0. The molecular weight excluding hydrogens is 444 g/mol. The summed E-state index contributed by atoms with van der Waals surface area (Å²) < 4.78 is 0. The van der Waals surface area contributed by atoms with Crippen LogP contribution in [0.25, 0.3) is 0 Å². The van der Waals surface area contributed by atoms with Crippen molar-refractivity contribution in [2.45, 2.75) is 66.8 Å². The molecule has 3 rings (SSSR count). The number of benzene rings is 2. The standard InChI is InChI=1S/C18H16N4O3.C6H12O.C3H8/c1-11(23)17(22-21-13-5-3-2-4-6-13)18(25)19-14-7-8-15-12(9-14)10-16(24)20-15;1-4-5(2)6(3)7;1-3-2/h2-9,17H,10H2,1H3,(H,19,25)(H,20,24);5H,4H2,1-3H3;3H2,1-2H3. The molecule has 2 atom stereocenters. The molecule has 0 saturated heterocycles. The summed E-state index contributed by atoms with van der Waals surface area (Å²) in [5.74, 6) is -0.501. The Kier molecular flexibility index (Phi) is 12.8. The lowest BCUT2D eigenvalue weighted by Gasteiger charge is -2.10. The zero-order chi connectivity index (χ0) is 26.4. The zero-order valence-corrected chi connectivity index (χ0v) is 21.4. The maximum atomic E-state index is 12.4. The summed E-state index contributed by atoms with van der Waals surface area (Å²) in [6, 6.07) is 12.7. The Morgan fingerprint density at radius 3 is 2.14 bits per heavy atom. The van der Waals surface area contributed by atoms with E-state index in [1.165, 1.54) is 13.3 Å². The highest BCUT2D eigenvalue weighted by Crippen LogP contribution is 2.26. The van der Waals surface area contributed by atoms with Crippen molar-refractivity contribution in [2.24, 2.45) is 16.1 Å². The van der Waals surface area contributed by atoms with Gasteiger partial charge in [0.1, 0.15) is 5.78 Å². The maximum absolute atomic E-state index is 12.4. The van der Waals surface area contributed by atoms with E-state index in [0.717, 1.165) is 17.7 Å². The van der Waals surface area contributed by atoms with E-state index in [2.05, 4.69) is 34.7 Å². The molecule has 2 amide bonds. The number of ketones is 2. The fraction of sp³-hybridized carbons (Fsp3) is 0.407. The van der Waals surface area contributed by atoms with Crippen LogP contribution in [0.2, 0.25) is 0 Å². The smallest absolute Gasteiger partial charge is 0.258 e. The van der Waals surface area contributed by atoms with Gasteiger partial charge in [-0.15, -0.1) is 0 Å². The van der Waals surface area contributed by atoms with Crippen LogP contribution in [0.3, 0.4) is 0 Å². The number of amides is 2. The molecule has 8 heteroatoms. The number of carbonyl (C=O) groups is 4. The lowest BCUT2D eigenvalue weighted by molar-refractivity contribution is -0.126. The van der Waals surface area contributed by atoms with E-state index in [9.17, 15) is 19.2 Å². The van der Waals surface area contributed by atoms with Crippen LogP contribution in [0.1, 0.15) is 59.9 Å². The summed E-state index contributed by atoms with van der Waals surface area (Å²) in [5.41, 5.74) is 2.59. The SMILES string of the molecule is CC(=O)C(N=Nc1ccccc1)C(=O)Nc1ccc2c(c1)CC(=O)N2.CCC.CCC(C)C(C)=O. The van der Waals surface area contributed by atoms with Crippen molar-refractivity contribution in [3.8, 4) is 0 Å². The first kappa shape index (κ1) is 29.4. The van der Waals surface area contributed by atoms with Crippen LogP contribution in [-0.2, 0) is 25.6 Å². The van der Waals surface area contributed by atoms with Crippen LogP contribution in [0.15, 0.2) is 58.8 Å². The third-order valence-electron chi connectivity index (χ3n) is 4.98. The number of rotatable bonds is 7. The van der Waals surface area contributed by atoms with Crippen LogP contribution >= 0.6 is 0 Å². The van der Waals surface area contributed by atoms with Crippen molar-refractivity contribution in [2.75, 3.05) is 10.6 Å². The van der Waals surface area contributed by atoms with E-state index in [1.54, 1.807) is 49.4 Å². The Hall–Kier alpha value is -3.68. The molecule has 188 valence electrons.